The number of halogens is 3. The number of aromatic nitrogens is 1. The number of amides is 1. The molecule has 2 aromatic carbocycles. The molecule has 1 amide bonds. The summed E-state index contributed by atoms with van der Waals surface area (Å²) in [5.74, 6) is -1.09. The highest BCUT2D eigenvalue weighted by molar-refractivity contribution is 6.31. The van der Waals surface area contributed by atoms with Gasteiger partial charge in [-0.1, -0.05) is 11.6 Å². The largest absolute Gasteiger partial charge is 0.395 e. The number of hydrogen-bond acceptors (Lipinski definition) is 2. The van der Waals surface area contributed by atoms with Gasteiger partial charge in [-0.25, -0.2) is 8.78 Å². The normalized spacial score (nSPS) is 11.1. The van der Waals surface area contributed by atoms with Crippen LogP contribution in [0.5, 0.6) is 0 Å². The summed E-state index contributed by atoms with van der Waals surface area (Å²) in [5.41, 5.74) is 2.33. The number of rotatable bonds is 6. The third-order valence-electron chi connectivity index (χ3n) is 4.10. The Morgan fingerprint density at radius 2 is 1.92 bits per heavy atom. The second kappa shape index (κ2) is 7.85. The second-order valence-corrected chi connectivity index (χ2v) is 6.31. The minimum absolute atomic E-state index is 0.138. The molecule has 26 heavy (non-hydrogen) atoms. The molecule has 4 nitrogen and oxygen atoms in total. The summed E-state index contributed by atoms with van der Waals surface area (Å²) in [5, 5.41) is 12.2. The Bertz CT molecular complexity index is 939. The van der Waals surface area contributed by atoms with Gasteiger partial charge in [0.1, 0.15) is 11.6 Å². The van der Waals surface area contributed by atoms with Gasteiger partial charge in [0.15, 0.2) is 0 Å². The van der Waals surface area contributed by atoms with Crippen LogP contribution < -0.4 is 5.32 Å². The van der Waals surface area contributed by atoms with Gasteiger partial charge in [-0.05, 0) is 53.9 Å². The molecule has 136 valence electrons. The van der Waals surface area contributed by atoms with E-state index in [0.717, 1.165) is 5.56 Å². The van der Waals surface area contributed by atoms with Crippen molar-refractivity contribution in [2.75, 3.05) is 13.2 Å². The lowest BCUT2D eigenvalue weighted by atomic mass is 10.0. The molecule has 0 spiro atoms. The van der Waals surface area contributed by atoms with Gasteiger partial charge in [0.2, 0.25) is 5.91 Å². The summed E-state index contributed by atoms with van der Waals surface area (Å²) in [6.07, 6.45) is 0.499. The van der Waals surface area contributed by atoms with Gasteiger partial charge in [-0.15, -0.1) is 0 Å². The standard InChI is InChI=1S/C19H17ClF2N2O2/c20-12-9-15-14(5-6-17(26)23-7-8-25)18(24-19(15)16(22)10-12)11-1-3-13(21)4-2-11/h1-4,9-10,24-25H,5-8H2,(H,23,26). The monoisotopic (exact) mass is 378 g/mol. The molecule has 0 atom stereocenters. The minimum atomic E-state index is -0.494. The molecule has 0 saturated heterocycles. The predicted molar refractivity (Wildman–Crippen MR) is 97.1 cm³/mol. The van der Waals surface area contributed by atoms with Crippen LogP contribution in [0.1, 0.15) is 12.0 Å². The summed E-state index contributed by atoms with van der Waals surface area (Å²) >= 11 is 5.99. The van der Waals surface area contributed by atoms with Crippen LogP contribution in [0.3, 0.4) is 0 Å². The summed E-state index contributed by atoms with van der Waals surface area (Å²) in [6.45, 7) is 0.0401. The molecule has 0 aliphatic rings. The van der Waals surface area contributed by atoms with E-state index in [2.05, 4.69) is 10.3 Å². The van der Waals surface area contributed by atoms with Crippen LogP contribution >= 0.6 is 11.6 Å². The van der Waals surface area contributed by atoms with E-state index in [1.807, 2.05) is 0 Å². The third kappa shape index (κ3) is 3.86. The summed E-state index contributed by atoms with van der Waals surface area (Å²) in [6, 6.07) is 8.69. The molecule has 3 N–H and O–H groups in total. The van der Waals surface area contributed by atoms with Crippen LogP contribution in [0.15, 0.2) is 36.4 Å². The van der Waals surface area contributed by atoms with Gasteiger partial charge in [-0.2, -0.15) is 0 Å². The van der Waals surface area contributed by atoms with Gasteiger partial charge in [0, 0.05) is 29.1 Å². The highest BCUT2D eigenvalue weighted by Crippen LogP contribution is 2.34. The van der Waals surface area contributed by atoms with Crippen LogP contribution in [0.2, 0.25) is 5.02 Å². The van der Waals surface area contributed by atoms with Crippen LogP contribution in [-0.4, -0.2) is 29.1 Å². The quantitative estimate of drug-likeness (QED) is 0.610. The molecule has 1 aromatic heterocycles. The van der Waals surface area contributed by atoms with Crippen LogP contribution in [-0.2, 0) is 11.2 Å². The van der Waals surface area contributed by atoms with Crippen molar-refractivity contribution in [3.63, 3.8) is 0 Å². The molecule has 0 aliphatic carbocycles. The van der Waals surface area contributed by atoms with Crippen molar-refractivity contribution in [2.24, 2.45) is 0 Å². The molecule has 7 heteroatoms. The molecule has 3 rings (SSSR count). The molecular weight excluding hydrogens is 362 g/mol. The Balaban J connectivity index is 2.03. The lowest BCUT2D eigenvalue weighted by molar-refractivity contribution is -0.121. The predicted octanol–water partition coefficient (Wildman–Crippen LogP) is 3.81. The van der Waals surface area contributed by atoms with Crippen LogP contribution in [0, 0.1) is 11.6 Å². The maximum Gasteiger partial charge on any atom is 0.220 e. The SMILES string of the molecule is O=C(CCc1c(-c2ccc(F)cc2)[nH]c2c(F)cc(Cl)cc12)NCCO. The number of nitrogens with one attached hydrogen (secondary N) is 2. The Morgan fingerprint density at radius 1 is 1.19 bits per heavy atom. The van der Waals surface area contributed by atoms with Gasteiger partial charge in [-0.3, -0.25) is 4.79 Å². The number of fused-ring (bicyclic) bond motifs is 1. The van der Waals surface area contributed by atoms with Crippen LogP contribution in [0.25, 0.3) is 22.2 Å². The fourth-order valence-corrected chi connectivity index (χ4v) is 3.12. The van der Waals surface area contributed by atoms with Gasteiger partial charge in [0.25, 0.3) is 0 Å². The zero-order valence-electron chi connectivity index (χ0n) is 13.8. The molecule has 3 aromatic rings. The highest BCUT2D eigenvalue weighted by atomic mass is 35.5. The van der Waals surface area contributed by atoms with Crippen molar-refractivity contribution in [2.45, 2.75) is 12.8 Å². The van der Waals surface area contributed by atoms with E-state index in [4.69, 9.17) is 16.7 Å². The van der Waals surface area contributed by atoms with E-state index in [1.165, 1.54) is 18.2 Å². The van der Waals surface area contributed by atoms with Crippen molar-refractivity contribution < 1.29 is 18.7 Å². The minimum Gasteiger partial charge on any atom is -0.395 e. The van der Waals surface area contributed by atoms with E-state index in [9.17, 15) is 13.6 Å². The number of aryl methyl sites for hydroxylation is 1. The van der Waals surface area contributed by atoms with E-state index in [1.54, 1.807) is 18.2 Å². The van der Waals surface area contributed by atoms with Gasteiger partial charge >= 0.3 is 0 Å². The molecule has 0 aliphatic heterocycles. The van der Waals surface area contributed by atoms with Gasteiger partial charge in [0.05, 0.1) is 12.1 Å². The van der Waals surface area contributed by atoms with E-state index in [0.29, 0.717) is 28.6 Å². The molecular formula is C19H17ClF2N2O2. The van der Waals surface area contributed by atoms with Crippen LogP contribution in [0.4, 0.5) is 8.78 Å². The Labute approximate surface area is 153 Å². The number of carbonyl (C=O) groups excluding carboxylic acids is 1. The van der Waals surface area contributed by atoms with Crippen molar-refractivity contribution in [3.05, 3.63) is 58.6 Å². The van der Waals surface area contributed by atoms with E-state index >= 15 is 0 Å². The molecule has 0 bridgehead atoms. The number of carbonyl (C=O) groups is 1. The molecule has 0 saturated carbocycles. The topological polar surface area (TPSA) is 65.1 Å². The first-order valence-electron chi connectivity index (χ1n) is 8.12. The first-order valence-corrected chi connectivity index (χ1v) is 8.50. The number of benzene rings is 2. The second-order valence-electron chi connectivity index (χ2n) is 5.87. The van der Waals surface area contributed by atoms with Crippen molar-refractivity contribution in [1.29, 1.82) is 0 Å². The fourth-order valence-electron chi connectivity index (χ4n) is 2.92. The number of aliphatic hydroxyl groups excluding tert-OH is 1. The maximum absolute atomic E-state index is 14.3. The van der Waals surface area contributed by atoms with Crippen molar-refractivity contribution >= 4 is 28.4 Å². The van der Waals surface area contributed by atoms with Crippen molar-refractivity contribution in [3.8, 4) is 11.3 Å². The molecule has 0 radical (unpaired) electrons. The Hall–Kier alpha value is -2.44. The Morgan fingerprint density at radius 3 is 2.62 bits per heavy atom. The molecule has 0 fully saturated rings. The average Bonchev–Trinajstić information content (AvgIpc) is 2.97. The third-order valence-corrected chi connectivity index (χ3v) is 4.32. The number of hydrogen-bond donors (Lipinski definition) is 3. The summed E-state index contributed by atoms with van der Waals surface area (Å²) in [4.78, 5) is 14.9. The molecule has 1 heterocycles. The summed E-state index contributed by atoms with van der Waals surface area (Å²) in [7, 11) is 0. The highest BCUT2D eigenvalue weighted by Gasteiger charge is 2.17. The lowest BCUT2D eigenvalue weighted by Crippen LogP contribution is -2.26. The maximum atomic E-state index is 14.3. The molecule has 0 unspecified atom stereocenters. The van der Waals surface area contributed by atoms with Gasteiger partial charge < -0.3 is 15.4 Å². The number of aliphatic hydroxyl groups is 1. The van der Waals surface area contributed by atoms with E-state index < -0.39 is 5.82 Å². The Kier molecular flexibility index (Phi) is 5.54. The number of aromatic amines is 1. The zero-order chi connectivity index (χ0) is 18.7. The van der Waals surface area contributed by atoms with Crippen molar-refractivity contribution in [1.82, 2.24) is 10.3 Å². The zero-order valence-corrected chi connectivity index (χ0v) is 14.5. The average molecular weight is 379 g/mol. The smallest absolute Gasteiger partial charge is 0.220 e. The fraction of sp³-hybridized carbons (Fsp3) is 0.211. The first-order chi connectivity index (χ1) is 12.5. The first kappa shape index (κ1) is 18.4. The summed E-state index contributed by atoms with van der Waals surface area (Å²) < 4.78 is 27.5. The lowest BCUT2D eigenvalue weighted by Gasteiger charge is -2.06. The number of H-pyrrole nitrogens is 1. The van der Waals surface area contributed by atoms with E-state index in [-0.39, 0.29) is 36.3 Å².